The van der Waals surface area contributed by atoms with Crippen LogP contribution in [0.3, 0.4) is 0 Å². The lowest BCUT2D eigenvalue weighted by Crippen LogP contribution is -2.18. The second-order valence-corrected chi connectivity index (χ2v) is 15.5. The summed E-state index contributed by atoms with van der Waals surface area (Å²) in [6.45, 7) is 1.80. The summed E-state index contributed by atoms with van der Waals surface area (Å²) < 4.78 is 39.7. The van der Waals surface area contributed by atoms with Crippen LogP contribution in [0.4, 0.5) is 21.9 Å². The zero-order chi connectivity index (χ0) is 39.0. The molecule has 0 bridgehead atoms. The minimum absolute atomic E-state index is 0.0569. The van der Waals surface area contributed by atoms with Crippen LogP contribution in [0, 0.1) is 6.92 Å². The maximum atomic E-state index is 13.0. The Morgan fingerprint density at radius 1 is 0.679 bits per heavy atom. The van der Waals surface area contributed by atoms with Crippen molar-refractivity contribution < 1.29 is 32.1 Å². The molecule has 6 aromatic carbocycles. The number of anilines is 3. The molecule has 13 heteroatoms. The second-order valence-electron chi connectivity index (χ2n) is 13.1. The minimum atomic E-state index is -4.43. The summed E-state index contributed by atoms with van der Waals surface area (Å²) >= 11 is 1.16. The second kappa shape index (κ2) is 14.9. The lowest BCUT2D eigenvalue weighted by molar-refractivity contribution is 0.102. The van der Waals surface area contributed by atoms with E-state index in [1.165, 1.54) is 0 Å². The van der Waals surface area contributed by atoms with E-state index in [1.807, 2.05) is 24.3 Å². The summed E-state index contributed by atoms with van der Waals surface area (Å²) in [5.74, 6) is -0.783. The van der Waals surface area contributed by atoms with E-state index < -0.39 is 16.2 Å². The highest BCUT2D eigenvalue weighted by atomic mass is 32.2. The Morgan fingerprint density at radius 2 is 1.18 bits per heavy atom. The summed E-state index contributed by atoms with van der Waals surface area (Å²) in [5, 5.41) is 8.94. The van der Waals surface area contributed by atoms with Crippen LogP contribution in [-0.2, 0) is 14.9 Å². The molecule has 1 heterocycles. The summed E-state index contributed by atoms with van der Waals surface area (Å²) in [5.41, 5.74) is 8.37. The van der Waals surface area contributed by atoms with Gasteiger partial charge in [0.15, 0.2) is 0 Å². The van der Waals surface area contributed by atoms with E-state index in [0.717, 1.165) is 33.6 Å². The van der Waals surface area contributed by atoms with Crippen molar-refractivity contribution in [2.75, 3.05) is 22.6 Å². The van der Waals surface area contributed by atoms with Gasteiger partial charge in [-0.15, -0.1) is 11.3 Å². The van der Waals surface area contributed by atoms with E-state index in [0.29, 0.717) is 54.5 Å². The third kappa shape index (κ3) is 7.38. The van der Waals surface area contributed by atoms with Gasteiger partial charge >= 0.3 is 6.09 Å². The maximum absolute atomic E-state index is 13.0. The molecular weight excluding hydrogens is 749 g/mol. The molecular formula is C43H32N4O7S2. The fourth-order valence-corrected chi connectivity index (χ4v) is 9.09. The molecule has 7 aromatic rings. The number of rotatable bonds is 9. The van der Waals surface area contributed by atoms with Gasteiger partial charge in [0.25, 0.3) is 21.9 Å². The Labute approximate surface area is 325 Å². The normalized spacial score (nSPS) is 12.1. The third-order valence-electron chi connectivity index (χ3n) is 9.50. The largest absolute Gasteiger partial charge is 0.448 e. The quantitative estimate of drug-likeness (QED) is 0.105. The van der Waals surface area contributed by atoms with Crippen LogP contribution >= 0.6 is 11.3 Å². The van der Waals surface area contributed by atoms with Gasteiger partial charge < -0.3 is 15.4 Å². The Bertz CT molecular complexity index is 2720. The molecule has 1 aliphatic carbocycles. The standard InChI is InChI=1S/C43H32N4O7S2/c1-25-10-23-37-38(39(25)56(51,52)53)55-42(47-37)28-15-21-30(22-16-28)45-40(48)26-11-17-29(18-12-26)44-41(49)27-13-19-31(20-14-27)46-43(50)54-24-36-34-8-4-2-6-32(34)33-7-3-5-9-35(33)36/h2-23,36H,24H2,1H3,(H,44,49)(H,45,48)(H,46,50)(H,51,52,53). The molecule has 4 N–H and O–H groups in total. The first-order chi connectivity index (χ1) is 27.0. The number of hydrogen-bond acceptors (Lipinski definition) is 8. The maximum Gasteiger partial charge on any atom is 0.411 e. The summed E-state index contributed by atoms with van der Waals surface area (Å²) in [7, 11) is -4.43. The van der Waals surface area contributed by atoms with Crippen LogP contribution in [0.15, 0.2) is 138 Å². The summed E-state index contributed by atoms with van der Waals surface area (Å²) in [4.78, 5) is 43.1. The molecule has 0 saturated heterocycles. The van der Waals surface area contributed by atoms with E-state index >= 15 is 0 Å². The van der Waals surface area contributed by atoms with E-state index in [9.17, 15) is 27.4 Å². The van der Waals surface area contributed by atoms with Gasteiger partial charge in [0.1, 0.15) is 16.5 Å². The van der Waals surface area contributed by atoms with Crippen molar-refractivity contribution in [2.24, 2.45) is 0 Å². The minimum Gasteiger partial charge on any atom is -0.448 e. The molecule has 0 saturated carbocycles. The Hall–Kier alpha value is -6.67. The fourth-order valence-electron chi connectivity index (χ4n) is 6.78. The highest BCUT2D eigenvalue weighted by Crippen LogP contribution is 2.44. The molecule has 0 atom stereocenters. The molecule has 8 rings (SSSR count). The lowest BCUT2D eigenvalue weighted by atomic mass is 9.98. The van der Waals surface area contributed by atoms with Crippen molar-refractivity contribution >= 4 is 66.6 Å². The smallest absolute Gasteiger partial charge is 0.411 e. The number of amides is 3. The Kier molecular flexibility index (Phi) is 9.64. The van der Waals surface area contributed by atoms with E-state index in [4.69, 9.17) is 4.74 Å². The van der Waals surface area contributed by atoms with Crippen LogP contribution in [0.1, 0.15) is 43.3 Å². The van der Waals surface area contributed by atoms with Gasteiger partial charge in [-0.25, -0.2) is 9.78 Å². The van der Waals surface area contributed by atoms with Gasteiger partial charge in [0, 0.05) is 39.7 Å². The number of carbonyl (C=O) groups excluding carboxylic acids is 3. The molecule has 1 aliphatic rings. The van der Waals surface area contributed by atoms with Crippen molar-refractivity contribution in [2.45, 2.75) is 17.7 Å². The molecule has 0 aliphatic heterocycles. The Balaban J connectivity index is 0.835. The number of aryl methyl sites for hydroxylation is 1. The number of aromatic nitrogens is 1. The molecule has 1 aromatic heterocycles. The zero-order valence-corrected chi connectivity index (χ0v) is 31.3. The van der Waals surface area contributed by atoms with E-state index in [-0.39, 0.29) is 29.2 Å². The SMILES string of the molecule is Cc1ccc2nc(-c3ccc(NC(=O)c4ccc(NC(=O)c5ccc(NC(=O)OCC6c7ccccc7-c7ccccc76)cc5)cc4)cc3)sc2c1S(=O)(=O)O. The van der Waals surface area contributed by atoms with Gasteiger partial charge in [0.05, 0.1) is 10.2 Å². The van der Waals surface area contributed by atoms with Crippen LogP contribution in [0.5, 0.6) is 0 Å². The van der Waals surface area contributed by atoms with Crippen molar-refractivity contribution in [1.29, 1.82) is 0 Å². The summed E-state index contributed by atoms with van der Waals surface area (Å²) in [6.07, 6.45) is -0.594. The van der Waals surface area contributed by atoms with Crippen molar-refractivity contribution in [3.05, 3.63) is 161 Å². The van der Waals surface area contributed by atoms with Crippen LogP contribution in [-0.4, -0.2) is 42.5 Å². The molecule has 11 nitrogen and oxygen atoms in total. The van der Waals surface area contributed by atoms with Crippen molar-refractivity contribution in [3.63, 3.8) is 0 Å². The average molecular weight is 781 g/mol. The fraction of sp³-hybridized carbons (Fsp3) is 0.0698. The number of benzene rings is 6. The average Bonchev–Trinajstić information content (AvgIpc) is 3.76. The van der Waals surface area contributed by atoms with Crippen molar-refractivity contribution in [3.8, 4) is 21.7 Å². The molecule has 56 heavy (non-hydrogen) atoms. The predicted molar refractivity (Wildman–Crippen MR) is 217 cm³/mol. The zero-order valence-electron chi connectivity index (χ0n) is 29.6. The van der Waals surface area contributed by atoms with E-state index in [2.05, 4.69) is 45.2 Å². The molecule has 3 amide bonds. The number of fused-ring (bicyclic) bond motifs is 4. The van der Waals surface area contributed by atoms with Crippen LogP contribution < -0.4 is 16.0 Å². The first-order valence-electron chi connectivity index (χ1n) is 17.4. The first kappa shape index (κ1) is 36.3. The summed E-state index contributed by atoms with van der Waals surface area (Å²) in [6, 6.07) is 39.4. The number of carbonyl (C=O) groups is 3. The topological polar surface area (TPSA) is 164 Å². The number of thiazole rings is 1. The highest BCUT2D eigenvalue weighted by Gasteiger charge is 2.29. The number of hydrogen-bond donors (Lipinski definition) is 4. The number of nitrogens with one attached hydrogen (secondary N) is 3. The Morgan fingerprint density at radius 3 is 1.71 bits per heavy atom. The van der Waals surface area contributed by atoms with Gasteiger partial charge in [0.2, 0.25) is 0 Å². The molecule has 0 radical (unpaired) electrons. The van der Waals surface area contributed by atoms with Gasteiger partial charge in [-0.05, 0) is 114 Å². The molecule has 278 valence electrons. The highest BCUT2D eigenvalue weighted by molar-refractivity contribution is 7.86. The number of nitrogens with zero attached hydrogens (tertiary/aromatic N) is 1. The van der Waals surface area contributed by atoms with Crippen LogP contribution in [0.25, 0.3) is 31.9 Å². The monoisotopic (exact) mass is 780 g/mol. The van der Waals surface area contributed by atoms with Gasteiger partial charge in [-0.2, -0.15) is 8.42 Å². The third-order valence-corrected chi connectivity index (χ3v) is 11.8. The number of ether oxygens (including phenoxy) is 1. The van der Waals surface area contributed by atoms with Gasteiger partial charge in [-0.1, -0.05) is 54.6 Å². The first-order valence-corrected chi connectivity index (χ1v) is 19.7. The van der Waals surface area contributed by atoms with Crippen molar-refractivity contribution in [1.82, 2.24) is 4.98 Å². The van der Waals surface area contributed by atoms with Crippen LogP contribution in [0.2, 0.25) is 0 Å². The molecule has 0 spiro atoms. The molecule has 0 unspecified atom stereocenters. The van der Waals surface area contributed by atoms with E-state index in [1.54, 1.807) is 91.9 Å². The van der Waals surface area contributed by atoms with Gasteiger partial charge in [-0.3, -0.25) is 19.5 Å². The predicted octanol–water partition coefficient (Wildman–Crippen LogP) is 9.38. The lowest BCUT2D eigenvalue weighted by Gasteiger charge is -2.14. The molecule has 0 fully saturated rings.